The summed E-state index contributed by atoms with van der Waals surface area (Å²) in [5, 5.41) is 9.64. The number of fused-ring (bicyclic) bond motifs is 4. The van der Waals surface area contributed by atoms with Gasteiger partial charge in [0.05, 0.1) is 11.5 Å². The van der Waals surface area contributed by atoms with E-state index in [1.54, 1.807) is 0 Å². The molecule has 0 aromatic rings. The van der Waals surface area contributed by atoms with Crippen LogP contribution in [0.25, 0.3) is 0 Å². The third-order valence-corrected chi connectivity index (χ3v) is 6.35. The summed E-state index contributed by atoms with van der Waals surface area (Å²) in [6.07, 6.45) is 18.6. The summed E-state index contributed by atoms with van der Waals surface area (Å²) in [4.78, 5) is 0. The standard InChI is InChI=1S/C18H23N/c19-12-18(11-14-4-6-17(18)10-14)7-1-2-15-8-13-3-5-16(15)9-13/h3-6,13-17H,1-2,7-11H2/t13-,14+,15-,16-,17+,18-/m1/s1. The van der Waals surface area contributed by atoms with E-state index in [9.17, 15) is 5.26 Å². The zero-order valence-electron chi connectivity index (χ0n) is 11.6. The van der Waals surface area contributed by atoms with Gasteiger partial charge in [-0.15, -0.1) is 0 Å². The first-order valence-electron chi connectivity index (χ1n) is 8.07. The smallest absolute Gasteiger partial charge is 0.0696 e. The van der Waals surface area contributed by atoms with Gasteiger partial charge in [-0.25, -0.2) is 0 Å². The summed E-state index contributed by atoms with van der Waals surface area (Å²) < 4.78 is 0. The van der Waals surface area contributed by atoms with E-state index in [1.165, 1.54) is 32.1 Å². The van der Waals surface area contributed by atoms with Gasteiger partial charge in [0.25, 0.3) is 0 Å². The second kappa shape index (κ2) is 4.23. The third-order valence-electron chi connectivity index (χ3n) is 6.35. The molecule has 0 aliphatic heterocycles. The van der Waals surface area contributed by atoms with Crippen LogP contribution < -0.4 is 0 Å². The van der Waals surface area contributed by atoms with Gasteiger partial charge in [-0.3, -0.25) is 0 Å². The van der Waals surface area contributed by atoms with Crippen molar-refractivity contribution in [2.24, 2.45) is 35.0 Å². The minimum Gasteiger partial charge on any atom is -0.198 e. The van der Waals surface area contributed by atoms with Crippen molar-refractivity contribution in [3.05, 3.63) is 24.3 Å². The summed E-state index contributed by atoms with van der Waals surface area (Å²) in [6, 6.07) is 2.70. The summed E-state index contributed by atoms with van der Waals surface area (Å²) >= 11 is 0. The first-order valence-corrected chi connectivity index (χ1v) is 8.07. The van der Waals surface area contributed by atoms with E-state index in [4.69, 9.17) is 0 Å². The molecule has 2 saturated carbocycles. The summed E-state index contributed by atoms with van der Waals surface area (Å²) in [5.41, 5.74) is 0.00682. The number of allylic oxidation sites excluding steroid dienone is 4. The Morgan fingerprint density at radius 1 is 1.05 bits per heavy atom. The van der Waals surface area contributed by atoms with Crippen LogP contribution in [0.15, 0.2) is 24.3 Å². The molecule has 0 amide bonds. The quantitative estimate of drug-likeness (QED) is 0.678. The van der Waals surface area contributed by atoms with Crippen molar-refractivity contribution in [1.82, 2.24) is 0 Å². The van der Waals surface area contributed by atoms with E-state index in [1.807, 2.05) is 0 Å². The van der Waals surface area contributed by atoms with Crippen molar-refractivity contribution in [3.63, 3.8) is 0 Å². The Morgan fingerprint density at radius 2 is 1.95 bits per heavy atom. The molecule has 4 rings (SSSR count). The molecule has 4 aliphatic carbocycles. The monoisotopic (exact) mass is 253 g/mol. The SMILES string of the molecule is N#C[C@@]1(CCC[C@@H]2C[C@H]3C=C[C@@H]2C3)C[C@H]2C=C[C@H]1C2. The summed E-state index contributed by atoms with van der Waals surface area (Å²) in [7, 11) is 0. The van der Waals surface area contributed by atoms with Crippen LogP contribution in [0.2, 0.25) is 0 Å². The van der Waals surface area contributed by atoms with Crippen LogP contribution in [0, 0.1) is 46.3 Å². The topological polar surface area (TPSA) is 23.8 Å². The zero-order valence-corrected chi connectivity index (χ0v) is 11.6. The molecular formula is C18H23N. The Balaban J connectivity index is 1.34. The Bertz CT molecular complexity index is 469. The third kappa shape index (κ3) is 1.80. The minimum absolute atomic E-state index is 0.00682. The molecule has 1 heteroatoms. The highest BCUT2D eigenvalue weighted by molar-refractivity contribution is 5.22. The van der Waals surface area contributed by atoms with Gasteiger partial charge in [-0.1, -0.05) is 30.7 Å². The molecule has 0 spiro atoms. The number of hydrogen-bond acceptors (Lipinski definition) is 1. The van der Waals surface area contributed by atoms with Crippen molar-refractivity contribution in [3.8, 4) is 6.07 Å². The number of nitrogens with zero attached hydrogens (tertiary/aromatic N) is 1. The lowest BCUT2D eigenvalue weighted by molar-refractivity contribution is 0.273. The van der Waals surface area contributed by atoms with Gasteiger partial charge in [0.15, 0.2) is 0 Å². The van der Waals surface area contributed by atoms with E-state index < -0.39 is 0 Å². The van der Waals surface area contributed by atoms with Crippen molar-refractivity contribution < 1.29 is 0 Å². The minimum atomic E-state index is 0.00682. The Hall–Kier alpha value is -1.03. The molecule has 4 bridgehead atoms. The first-order chi connectivity index (χ1) is 9.29. The fraction of sp³-hybridized carbons (Fsp3) is 0.722. The average Bonchev–Trinajstić information content (AvgIpc) is 3.18. The molecule has 6 atom stereocenters. The van der Waals surface area contributed by atoms with Gasteiger partial charge in [0.1, 0.15) is 0 Å². The fourth-order valence-corrected chi connectivity index (χ4v) is 5.33. The maximum atomic E-state index is 9.64. The number of hydrogen-bond donors (Lipinski definition) is 0. The highest BCUT2D eigenvalue weighted by Crippen LogP contribution is 2.55. The lowest BCUT2D eigenvalue weighted by Crippen LogP contribution is -2.24. The largest absolute Gasteiger partial charge is 0.198 e. The Morgan fingerprint density at radius 3 is 2.53 bits per heavy atom. The summed E-state index contributed by atoms with van der Waals surface area (Å²) in [6.45, 7) is 0. The Kier molecular flexibility index (Phi) is 2.62. The second-order valence-electron chi connectivity index (χ2n) is 7.39. The highest BCUT2D eigenvalue weighted by Gasteiger charge is 2.48. The Labute approximate surface area is 116 Å². The molecule has 0 aromatic carbocycles. The molecule has 0 radical (unpaired) electrons. The fourth-order valence-electron chi connectivity index (χ4n) is 5.33. The van der Waals surface area contributed by atoms with Gasteiger partial charge < -0.3 is 0 Å². The predicted octanol–water partition coefficient (Wildman–Crippen LogP) is 4.47. The molecule has 0 aromatic heterocycles. The van der Waals surface area contributed by atoms with Crippen LogP contribution in [0.5, 0.6) is 0 Å². The van der Waals surface area contributed by atoms with E-state index >= 15 is 0 Å². The predicted molar refractivity (Wildman–Crippen MR) is 76.1 cm³/mol. The molecule has 2 fully saturated rings. The van der Waals surface area contributed by atoms with Crippen LogP contribution in [-0.4, -0.2) is 0 Å². The maximum absolute atomic E-state index is 9.64. The molecule has 0 saturated heterocycles. The molecule has 1 nitrogen and oxygen atoms in total. The van der Waals surface area contributed by atoms with Gasteiger partial charge in [-0.05, 0) is 68.1 Å². The van der Waals surface area contributed by atoms with Crippen molar-refractivity contribution in [2.45, 2.75) is 44.9 Å². The summed E-state index contributed by atoms with van der Waals surface area (Å²) in [5.74, 6) is 3.99. The molecule has 4 aliphatic rings. The molecule has 100 valence electrons. The zero-order chi connectivity index (χ0) is 12.9. The lowest BCUT2D eigenvalue weighted by atomic mass is 9.72. The lowest BCUT2D eigenvalue weighted by Gasteiger charge is -2.29. The second-order valence-corrected chi connectivity index (χ2v) is 7.39. The first kappa shape index (κ1) is 11.8. The van der Waals surface area contributed by atoms with Crippen LogP contribution in [0.3, 0.4) is 0 Å². The van der Waals surface area contributed by atoms with Crippen LogP contribution in [0.1, 0.15) is 44.9 Å². The van der Waals surface area contributed by atoms with Crippen LogP contribution >= 0.6 is 0 Å². The molecule has 0 heterocycles. The van der Waals surface area contributed by atoms with Gasteiger partial charge in [-0.2, -0.15) is 5.26 Å². The van der Waals surface area contributed by atoms with Gasteiger partial charge in [0.2, 0.25) is 0 Å². The van der Waals surface area contributed by atoms with E-state index in [-0.39, 0.29) is 5.41 Å². The van der Waals surface area contributed by atoms with E-state index in [0.717, 1.165) is 36.5 Å². The maximum Gasteiger partial charge on any atom is 0.0696 e. The molecule has 19 heavy (non-hydrogen) atoms. The van der Waals surface area contributed by atoms with Crippen LogP contribution in [-0.2, 0) is 0 Å². The van der Waals surface area contributed by atoms with Crippen molar-refractivity contribution in [2.75, 3.05) is 0 Å². The average molecular weight is 253 g/mol. The van der Waals surface area contributed by atoms with Gasteiger partial charge >= 0.3 is 0 Å². The molecule has 0 N–H and O–H groups in total. The van der Waals surface area contributed by atoms with E-state index in [2.05, 4.69) is 30.4 Å². The van der Waals surface area contributed by atoms with Crippen molar-refractivity contribution >= 4 is 0 Å². The number of nitriles is 1. The molecular weight excluding hydrogens is 230 g/mol. The highest BCUT2D eigenvalue weighted by atomic mass is 14.5. The number of rotatable bonds is 4. The normalized spacial score (nSPS) is 49.1. The van der Waals surface area contributed by atoms with Crippen LogP contribution in [0.4, 0.5) is 0 Å². The van der Waals surface area contributed by atoms with E-state index in [0.29, 0.717) is 5.92 Å². The van der Waals surface area contributed by atoms with Crippen molar-refractivity contribution in [1.29, 1.82) is 5.26 Å². The molecule has 0 unspecified atom stereocenters. The van der Waals surface area contributed by atoms with Gasteiger partial charge in [0, 0.05) is 0 Å².